The Balaban J connectivity index is 1.57. The van der Waals surface area contributed by atoms with Crippen molar-refractivity contribution in [2.75, 3.05) is 11.1 Å². The number of nitrogens with one attached hydrogen (secondary N) is 2. The number of thioether (sulfide) groups is 1. The highest BCUT2D eigenvalue weighted by atomic mass is 32.2. The number of aromatic amines is 1. The number of H-pyrrole nitrogens is 1. The smallest absolute Gasteiger partial charge is 0.283 e. The van der Waals surface area contributed by atoms with E-state index in [-0.39, 0.29) is 17.2 Å². The molecule has 3 heterocycles. The molecule has 34 heavy (non-hydrogen) atoms. The van der Waals surface area contributed by atoms with E-state index in [9.17, 15) is 9.59 Å². The zero-order chi connectivity index (χ0) is 23.7. The van der Waals surface area contributed by atoms with Crippen molar-refractivity contribution in [2.24, 2.45) is 0 Å². The van der Waals surface area contributed by atoms with Crippen molar-refractivity contribution in [1.82, 2.24) is 19.7 Å². The summed E-state index contributed by atoms with van der Waals surface area (Å²) in [6.45, 7) is 3.71. The van der Waals surface area contributed by atoms with Gasteiger partial charge in [0, 0.05) is 17.8 Å². The van der Waals surface area contributed by atoms with E-state index in [0.717, 1.165) is 16.7 Å². The van der Waals surface area contributed by atoms with Crippen molar-refractivity contribution in [3.05, 3.63) is 88.5 Å². The van der Waals surface area contributed by atoms with Crippen LogP contribution in [-0.2, 0) is 4.79 Å². The van der Waals surface area contributed by atoms with Crippen molar-refractivity contribution in [3.8, 4) is 16.8 Å². The highest BCUT2D eigenvalue weighted by molar-refractivity contribution is 7.99. The number of carbonyl (C=O) groups is 1. The molecule has 2 aromatic carbocycles. The monoisotopic (exact) mass is 471 g/mol. The van der Waals surface area contributed by atoms with Crippen LogP contribution < -0.4 is 10.9 Å². The first kappa shape index (κ1) is 21.7. The molecule has 8 nitrogen and oxygen atoms in total. The van der Waals surface area contributed by atoms with Gasteiger partial charge in [-0.1, -0.05) is 59.4 Å². The molecule has 0 bridgehead atoms. The van der Waals surface area contributed by atoms with Gasteiger partial charge in [-0.25, -0.2) is 4.98 Å². The number of nitrogens with zero attached hydrogens (tertiary/aromatic N) is 3. The second-order valence-electron chi connectivity index (χ2n) is 7.83. The third-order valence-corrected chi connectivity index (χ3v) is 6.18. The highest BCUT2D eigenvalue weighted by Gasteiger charge is 2.19. The molecule has 0 radical (unpaired) electrons. The predicted molar refractivity (Wildman–Crippen MR) is 132 cm³/mol. The zero-order valence-electron chi connectivity index (χ0n) is 18.5. The van der Waals surface area contributed by atoms with Gasteiger partial charge in [0.2, 0.25) is 5.91 Å². The van der Waals surface area contributed by atoms with Crippen LogP contribution in [0.5, 0.6) is 0 Å². The van der Waals surface area contributed by atoms with E-state index in [4.69, 9.17) is 9.51 Å². The topological polar surface area (TPSA) is 106 Å². The van der Waals surface area contributed by atoms with Gasteiger partial charge in [0.05, 0.1) is 11.4 Å². The van der Waals surface area contributed by atoms with E-state index in [2.05, 4.69) is 15.5 Å². The molecule has 0 atom stereocenters. The quantitative estimate of drug-likeness (QED) is 0.274. The van der Waals surface area contributed by atoms with Crippen LogP contribution in [0.3, 0.4) is 0 Å². The number of hydrogen-bond donors (Lipinski definition) is 2. The summed E-state index contributed by atoms with van der Waals surface area (Å²) >= 11 is 1.19. The van der Waals surface area contributed by atoms with Crippen LogP contribution in [0, 0.1) is 13.8 Å². The third-order valence-electron chi connectivity index (χ3n) is 5.24. The molecular weight excluding hydrogens is 450 g/mol. The number of aryl methyl sites for hydroxylation is 2. The van der Waals surface area contributed by atoms with E-state index in [1.165, 1.54) is 11.8 Å². The molecule has 0 spiro atoms. The Hall–Kier alpha value is -4.11. The molecule has 170 valence electrons. The summed E-state index contributed by atoms with van der Waals surface area (Å²) < 4.78 is 6.53. The predicted octanol–water partition coefficient (Wildman–Crippen LogP) is 4.72. The second-order valence-corrected chi connectivity index (χ2v) is 8.77. The van der Waals surface area contributed by atoms with Crippen molar-refractivity contribution in [2.45, 2.75) is 19.0 Å². The van der Waals surface area contributed by atoms with Crippen molar-refractivity contribution >= 4 is 34.5 Å². The lowest BCUT2D eigenvalue weighted by atomic mass is 10.1. The van der Waals surface area contributed by atoms with Crippen molar-refractivity contribution in [1.29, 1.82) is 0 Å². The first-order valence-corrected chi connectivity index (χ1v) is 11.6. The number of amides is 1. The van der Waals surface area contributed by atoms with Crippen LogP contribution in [0.25, 0.3) is 27.8 Å². The van der Waals surface area contributed by atoms with Gasteiger partial charge >= 0.3 is 0 Å². The maximum atomic E-state index is 13.6. The molecule has 0 aliphatic rings. The SMILES string of the molecule is Cc1cccc(-n2c(SCC(=O)Nc3cc(C)on3)nc3c(-c4ccccc4)c[nH]c3c2=O)c1. The minimum absolute atomic E-state index is 0.0424. The molecule has 9 heteroatoms. The number of aromatic nitrogens is 4. The van der Waals surface area contributed by atoms with Gasteiger partial charge < -0.3 is 14.8 Å². The summed E-state index contributed by atoms with van der Waals surface area (Å²) in [5.41, 5.74) is 4.22. The molecule has 0 saturated heterocycles. The first-order valence-electron chi connectivity index (χ1n) is 10.6. The molecule has 0 aliphatic carbocycles. The average Bonchev–Trinajstić information content (AvgIpc) is 3.44. The Morgan fingerprint density at radius 1 is 1.12 bits per heavy atom. The number of anilines is 1. The van der Waals surface area contributed by atoms with Crippen LogP contribution in [-0.4, -0.2) is 31.4 Å². The Bertz CT molecular complexity index is 1550. The summed E-state index contributed by atoms with van der Waals surface area (Å²) in [4.78, 5) is 34.1. The van der Waals surface area contributed by atoms with Gasteiger partial charge in [0.1, 0.15) is 16.8 Å². The molecular formula is C25H21N5O3S. The van der Waals surface area contributed by atoms with Gasteiger partial charge in [0.25, 0.3) is 5.56 Å². The highest BCUT2D eigenvalue weighted by Crippen LogP contribution is 2.29. The summed E-state index contributed by atoms with van der Waals surface area (Å²) in [5, 5.41) is 6.91. The van der Waals surface area contributed by atoms with Gasteiger partial charge in [-0.3, -0.25) is 14.2 Å². The fraction of sp³-hybridized carbons (Fsp3) is 0.120. The van der Waals surface area contributed by atoms with E-state index < -0.39 is 0 Å². The van der Waals surface area contributed by atoms with Crippen molar-refractivity contribution in [3.63, 3.8) is 0 Å². The molecule has 0 unspecified atom stereocenters. The molecule has 3 aromatic heterocycles. The lowest BCUT2D eigenvalue weighted by Crippen LogP contribution is -2.23. The summed E-state index contributed by atoms with van der Waals surface area (Å²) in [5.74, 6) is 0.713. The minimum atomic E-state index is -0.277. The summed E-state index contributed by atoms with van der Waals surface area (Å²) in [7, 11) is 0. The Labute approximate surface area is 199 Å². The Morgan fingerprint density at radius 2 is 1.94 bits per heavy atom. The van der Waals surface area contributed by atoms with Crippen molar-refractivity contribution < 1.29 is 9.32 Å². The normalized spacial score (nSPS) is 11.1. The first-order chi connectivity index (χ1) is 16.5. The Morgan fingerprint density at radius 3 is 2.68 bits per heavy atom. The fourth-order valence-corrected chi connectivity index (χ4v) is 4.51. The van der Waals surface area contributed by atoms with E-state index >= 15 is 0 Å². The number of rotatable bonds is 6. The van der Waals surface area contributed by atoms with Gasteiger partial charge in [-0.2, -0.15) is 0 Å². The minimum Gasteiger partial charge on any atom is -0.360 e. The lowest BCUT2D eigenvalue weighted by Gasteiger charge is -2.13. The van der Waals surface area contributed by atoms with E-state index in [1.54, 1.807) is 23.8 Å². The van der Waals surface area contributed by atoms with Crippen LogP contribution in [0.1, 0.15) is 11.3 Å². The van der Waals surface area contributed by atoms with Crippen LogP contribution in [0.4, 0.5) is 5.82 Å². The molecule has 0 saturated carbocycles. The summed E-state index contributed by atoms with van der Waals surface area (Å²) in [6.07, 6.45) is 1.79. The summed E-state index contributed by atoms with van der Waals surface area (Å²) in [6, 6.07) is 19.0. The number of benzene rings is 2. The number of carbonyl (C=O) groups excluding carboxylic acids is 1. The van der Waals surface area contributed by atoms with Gasteiger partial charge in [-0.15, -0.1) is 0 Å². The molecule has 5 aromatic rings. The van der Waals surface area contributed by atoms with Gasteiger partial charge in [0.15, 0.2) is 11.0 Å². The van der Waals surface area contributed by atoms with Crippen LogP contribution in [0.15, 0.2) is 81.3 Å². The number of hydrogen-bond acceptors (Lipinski definition) is 6. The second kappa shape index (κ2) is 9.03. The van der Waals surface area contributed by atoms with Gasteiger partial charge in [-0.05, 0) is 37.1 Å². The Kier molecular flexibility index (Phi) is 5.77. The largest absolute Gasteiger partial charge is 0.360 e. The van der Waals surface area contributed by atoms with E-state index in [1.807, 2.05) is 61.5 Å². The third kappa shape index (κ3) is 4.25. The van der Waals surface area contributed by atoms with E-state index in [0.29, 0.717) is 33.5 Å². The molecule has 5 rings (SSSR count). The zero-order valence-corrected chi connectivity index (χ0v) is 19.3. The standard InChI is InChI=1S/C25H21N5O3S/c1-15-7-6-10-18(11-15)30-24(32)23-22(19(13-26-23)17-8-4-3-5-9-17)28-25(30)34-14-21(31)27-20-12-16(2)33-29-20/h3-13,26H,14H2,1-2H3,(H,27,29,31). The van der Waals surface area contributed by atoms with Crippen LogP contribution >= 0.6 is 11.8 Å². The number of fused-ring (bicyclic) bond motifs is 1. The molecule has 0 fully saturated rings. The maximum absolute atomic E-state index is 13.6. The molecule has 1 amide bonds. The average molecular weight is 472 g/mol. The fourth-order valence-electron chi connectivity index (χ4n) is 3.70. The molecule has 0 aliphatic heterocycles. The maximum Gasteiger partial charge on any atom is 0.283 e. The lowest BCUT2D eigenvalue weighted by molar-refractivity contribution is -0.113. The van der Waals surface area contributed by atoms with Crippen LogP contribution in [0.2, 0.25) is 0 Å². The molecule has 2 N–H and O–H groups in total.